The van der Waals surface area contributed by atoms with Crippen molar-refractivity contribution in [1.29, 1.82) is 0 Å². The van der Waals surface area contributed by atoms with Gasteiger partial charge in [0.25, 0.3) is 5.91 Å². The van der Waals surface area contributed by atoms with E-state index < -0.39 is 41.1 Å². The SMILES string of the molecule is CC(C)(C)NC(=O)Cc1csc(N[C@H](C(=O)N2C[C@H]3[C@@H]([C@H]2C(=O)NC(CC2CCC2)C(=O)C(N)=O)C3(C)C)C(C)(C)C)n1. The van der Waals surface area contributed by atoms with Gasteiger partial charge in [-0.3, -0.25) is 24.0 Å². The van der Waals surface area contributed by atoms with Gasteiger partial charge in [-0.25, -0.2) is 4.98 Å². The number of thiazole rings is 1. The molecule has 1 unspecified atom stereocenters. The van der Waals surface area contributed by atoms with Crippen LogP contribution in [0.15, 0.2) is 5.38 Å². The van der Waals surface area contributed by atoms with Gasteiger partial charge < -0.3 is 26.6 Å². The number of likely N-dealkylation sites (tertiary alicyclic amines) is 1. The summed E-state index contributed by atoms with van der Waals surface area (Å²) in [6.45, 7) is 16.2. The zero-order chi connectivity index (χ0) is 32.1. The average Bonchev–Trinajstić information content (AvgIpc) is 3.22. The number of rotatable bonds is 11. The number of fused-ring (bicyclic) bond motifs is 1. The van der Waals surface area contributed by atoms with E-state index in [0.717, 1.165) is 19.3 Å². The highest BCUT2D eigenvalue weighted by Gasteiger charge is 2.69. The highest BCUT2D eigenvalue weighted by molar-refractivity contribution is 7.13. The highest BCUT2D eigenvalue weighted by Crippen LogP contribution is 2.65. The van der Waals surface area contributed by atoms with Crippen LogP contribution in [0.25, 0.3) is 0 Å². The first-order chi connectivity index (χ1) is 19.8. The minimum Gasteiger partial charge on any atom is -0.363 e. The lowest BCUT2D eigenvalue weighted by atomic mass is 9.80. The largest absolute Gasteiger partial charge is 0.363 e. The summed E-state index contributed by atoms with van der Waals surface area (Å²) in [5.74, 6) is -2.29. The summed E-state index contributed by atoms with van der Waals surface area (Å²) in [6, 6.07) is -2.46. The summed E-state index contributed by atoms with van der Waals surface area (Å²) in [5.41, 5.74) is 4.92. The molecule has 0 radical (unpaired) electrons. The number of Topliss-reactive ketones (excluding diaryl/α,β-unsaturated/α-hetero) is 1. The second kappa shape index (κ2) is 11.8. The molecule has 1 aromatic heterocycles. The van der Waals surface area contributed by atoms with Crippen LogP contribution >= 0.6 is 11.3 Å². The molecule has 0 aromatic carbocycles. The topological polar surface area (TPSA) is 164 Å². The summed E-state index contributed by atoms with van der Waals surface area (Å²) in [4.78, 5) is 71.2. The summed E-state index contributed by atoms with van der Waals surface area (Å²) in [7, 11) is 0. The molecule has 4 rings (SSSR count). The Morgan fingerprint density at radius 1 is 1.12 bits per heavy atom. The summed E-state index contributed by atoms with van der Waals surface area (Å²) < 4.78 is 0. The maximum Gasteiger partial charge on any atom is 0.287 e. The van der Waals surface area contributed by atoms with Gasteiger partial charge in [0.2, 0.25) is 23.5 Å². The van der Waals surface area contributed by atoms with Gasteiger partial charge in [0.05, 0.1) is 18.2 Å². The lowest BCUT2D eigenvalue weighted by molar-refractivity contribution is -0.144. The predicted octanol–water partition coefficient (Wildman–Crippen LogP) is 2.64. The van der Waals surface area contributed by atoms with E-state index in [2.05, 4.69) is 34.8 Å². The van der Waals surface area contributed by atoms with Gasteiger partial charge in [-0.1, -0.05) is 53.9 Å². The third-order valence-corrected chi connectivity index (χ3v) is 10.0. The van der Waals surface area contributed by atoms with Crippen molar-refractivity contribution >= 4 is 45.9 Å². The highest BCUT2D eigenvalue weighted by atomic mass is 32.1. The fraction of sp³-hybridized carbons (Fsp3) is 0.742. The van der Waals surface area contributed by atoms with Gasteiger partial charge in [-0.15, -0.1) is 11.3 Å². The lowest BCUT2D eigenvalue weighted by Crippen LogP contribution is -2.58. The second-order valence-electron chi connectivity index (χ2n) is 15.3. The number of nitrogens with zero attached hydrogens (tertiary/aromatic N) is 2. The fourth-order valence-electron chi connectivity index (χ4n) is 6.55. The molecule has 2 saturated carbocycles. The van der Waals surface area contributed by atoms with E-state index >= 15 is 0 Å². The molecule has 0 bridgehead atoms. The van der Waals surface area contributed by atoms with Crippen molar-refractivity contribution < 1.29 is 24.0 Å². The molecule has 2 heterocycles. The first-order valence-corrected chi connectivity index (χ1v) is 16.1. The van der Waals surface area contributed by atoms with Crippen molar-refractivity contribution in [3.05, 3.63) is 11.1 Å². The normalized spacial score (nSPS) is 24.3. The Labute approximate surface area is 258 Å². The van der Waals surface area contributed by atoms with Crippen molar-refractivity contribution in [2.45, 2.75) is 111 Å². The van der Waals surface area contributed by atoms with E-state index in [1.807, 2.05) is 41.5 Å². The van der Waals surface area contributed by atoms with Crippen molar-refractivity contribution in [2.75, 3.05) is 11.9 Å². The van der Waals surface area contributed by atoms with Gasteiger partial charge in [-0.05, 0) is 55.8 Å². The van der Waals surface area contributed by atoms with Crippen molar-refractivity contribution in [2.24, 2.45) is 34.3 Å². The fourth-order valence-corrected chi connectivity index (χ4v) is 7.29. The molecule has 12 heteroatoms. The van der Waals surface area contributed by atoms with Gasteiger partial charge >= 0.3 is 0 Å². The third kappa shape index (κ3) is 7.38. The Morgan fingerprint density at radius 3 is 2.30 bits per heavy atom. The molecule has 0 spiro atoms. The van der Waals surface area contributed by atoms with Gasteiger partial charge in [0.15, 0.2) is 5.13 Å². The number of ketones is 1. The van der Waals surface area contributed by atoms with E-state index in [1.54, 1.807) is 10.3 Å². The third-order valence-electron chi connectivity index (χ3n) is 9.22. The van der Waals surface area contributed by atoms with Crippen LogP contribution in [0.5, 0.6) is 0 Å². The number of aromatic nitrogens is 1. The molecule has 238 valence electrons. The summed E-state index contributed by atoms with van der Waals surface area (Å²) >= 11 is 1.32. The van der Waals surface area contributed by atoms with Crippen LogP contribution in [0.4, 0.5) is 5.13 Å². The lowest BCUT2D eigenvalue weighted by Gasteiger charge is -2.38. The van der Waals surface area contributed by atoms with Crippen LogP contribution in [0.1, 0.15) is 86.8 Å². The number of piperidine rings is 1. The van der Waals surface area contributed by atoms with E-state index in [4.69, 9.17) is 5.73 Å². The minimum atomic E-state index is -1.07. The first-order valence-electron chi connectivity index (χ1n) is 15.3. The zero-order valence-corrected chi connectivity index (χ0v) is 27.5. The molecule has 4 amide bonds. The average molecular weight is 617 g/mol. The molecule has 3 fully saturated rings. The van der Waals surface area contributed by atoms with Gasteiger partial charge in [-0.2, -0.15) is 0 Å². The molecule has 2 aliphatic carbocycles. The maximum absolute atomic E-state index is 14.2. The Bertz CT molecular complexity index is 1270. The van der Waals surface area contributed by atoms with Gasteiger partial charge in [0, 0.05) is 17.5 Å². The number of amides is 4. The summed E-state index contributed by atoms with van der Waals surface area (Å²) in [5, 5.41) is 11.4. The molecular weight excluding hydrogens is 568 g/mol. The number of carbonyl (C=O) groups is 5. The van der Waals surface area contributed by atoms with E-state index in [-0.39, 0.29) is 46.9 Å². The Hall–Kier alpha value is -3.02. The molecule has 3 aliphatic rings. The second-order valence-corrected chi connectivity index (χ2v) is 16.1. The zero-order valence-electron chi connectivity index (χ0n) is 26.7. The van der Waals surface area contributed by atoms with Crippen LogP contribution in [0.3, 0.4) is 0 Å². The molecule has 5 N–H and O–H groups in total. The van der Waals surface area contributed by atoms with Crippen LogP contribution in [0, 0.1) is 28.6 Å². The number of hydrogen-bond donors (Lipinski definition) is 4. The minimum absolute atomic E-state index is 0.0575. The van der Waals surface area contributed by atoms with Crippen molar-refractivity contribution in [3.8, 4) is 0 Å². The molecular formula is C31H48N6O5S. The Kier molecular flexibility index (Phi) is 9.04. The number of primary amides is 1. The molecule has 1 saturated heterocycles. The van der Waals surface area contributed by atoms with Crippen LogP contribution in [-0.2, 0) is 30.4 Å². The first kappa shape index (κ1) is 32.9. The standard InChI is InChI=1S/C31H48N6O5S/c1-29(2,3)24(35-28-33-17(15-43-28)13-20(38)36-30(4,5)6)27(42)37-14-18-21(31(18,7)8)22(37)26(41)34-19(23(39)25(32)40)12-16-10-9-11-16/h15-16,18-19,21-22,24H,9-14H2,1-8H3,(H2,32,40)(H,33,35)(H,34,41)(H,36,38)/t18-,19?,21-,22-,24+/m0/s1. The molecule has 1 aliphatic heterocycles. The summed E-state index contributed by atoms with van der Waals surface area (Å²) in [6.07, 6.45) is 3.46. The number of nitrogens with one attached hydrogen (secondary N) is 3. The molecule has 43 heavy (non-hydrogen) atoms. The van der Waals surface area contributed by atoms with Crippen LogP contribution in [-0.4, -0.2) is 69.5 Å². The maximum atomic E-state index is 14.2. The van der Waals surface area contributed by atoms with Crippen LogP contribution in [0.2, 0.25) is 0 Å². The van der Waals surface area contributed by atoms with E-state index in [9.17, 15) is 24.0 Å². The monoisotopic (exact) mass is 616 g/mol. The predicted molar refractivity (Wildman–Crippen MR) is 165 cm³/mol. The van der Waals surface area contributed by atoms with Gasteiger partial charge in [0.1, 0.15) is 12.1 Å². The number of nitrogens with two attached hydrogens (primary N) is 1. The molecule has 5 atom stereocenters. The van der Waals surface area contributed by atoms with Crippen molar-refractivity contribution in [1.82, 2.24) is 20.5 Å². The molecule has 11 nitrogen and oxygen atoms in total. The van der Waals surface area contributed by atoms with Crippen molar-refractivity contribution in [3.63, 3.8) is 0 Å². The Morgan fingerprint density at radius 2 is 1.77 bits per heavy atom. The Balaban J connectivity index is 1.52. The quantitative estimate of drug-likeness (QED) is 0.278. The smallest absolute Gasteiger partial charge is 0.287 e. The van der Waals surface area contributed by atoms with E-state index in [1.165, 1.54) is 11.3 Å². The number of hydrogen-bond acceptors (Lipinski definition) is 8. The van der Waals surface area contributed by atoms with E-state index in [0.29, 0.717) is 23.8 Å². The number of anilines is 1. The van der Waals surface area contributed by atoms with Crippen LogP contribution < -0.4 is 21.7 Å². The number of carbonyl (C=O) groups excluding carboxylic acids is 5. The molecule has 1 aromatic rings.